The quantitative estimate of drug-likeness (QED) is 0.561. The molecule has 0 aliphatic heterocycles. The molecule has 0 amide bonds. The number of thioether (sulfide) groups is 1. The lowest BCUT2D eigenvalue weighted by atomic mass is 10.2. The second-order valence-corrected chi connectivity index (χ2v) is 6.82. The number of ether oxygens (including phenoxy) is 1. The van der Waals surface area contributed by atoms with Crippen LogP contribution in [0.1, 0.15) is 18.9 Å². The highest BCUT2D eigenvalue weighted by Crippen LogP contribution is 2.31. The van der Waals surface area contributed by atoms with Crippen molar-refractivity contribution in [2.45, 2.75) is 30.8 Å². The zero-order valence-electron chi connectivity index (χ0n) is 14.1. The molecular formula is C18H19ClN4OS. The first kappa shape index (κ1) is 17.8. The van der Waals surface area contributed by atoms with Gasteiger partial charge >= 0.3 is 0 Å². The zero-order chi connectivity index (χ0) is 17.6. The Morgan fingerprint density at radius 2 is 1.96 bits per heavy atom. The highest BCUT2D eigenvalue weighted by Gasteiger charge is 2.15. The van der Waals surface area contributed by atoms with Gasteiger partial charge in [0.15, 0.2) is 11.0 Å². The van der Waals surface area contributed by atoms with Gasteiger partial charge in [-0.3, -0.25) is 4.98 Å². The summed E-state index contributed by atoms with van der Waals surface area (Å²) in [4.78, 5) is 4.07. The number of hydrogen-bond acceptors (Lipinski definition) is 5. The van der Waals surface area contributed by atoms with Crippen molar-refractivity contribution in [1.82, 2.24) is 19.7 Å². The monoisotopic (exact) mass is 374 g/mol. The van der Waals surface area contributed by atoms with Crippen LogP contribution in [0.4, 0.5) is 0 Å². The van der Waals surface area contributed by atoms with Crippen molar-refractivity contribution in [3.8, 4) is 17.1 Å². The molecule has 0 fully saturated rings. The molecule has 3 rings (SSSR count). The van der Waals surface area contributed by atoms with Gasteiger partial charge in [0.05, 0.1) is 7.11 Å². The Balaban J connectivity index is 1.86. The van der Waals surface area contributed by atoms with E-state index in [1.54, 1.807) is 31.3 Å². The molecule has 0 aliphatic carbocycles. The van der Waals surface area contributed by atoms with E-state index < -0.39 is 0 Å². The molecule has 0 spiro atoms. The van der Waals surface area contributed by atoms with Gasteiger partial charge in [0.25, 0.3) is 0 Å². The van der Waals surface area contributed by atoms with E-state index in [2.05, 4.69) is 26.7 Å². The highest BCUT2D eigenvalue weighted by atomic mass is 35.5. The Bertz CT molecular complexity index is 838. The van der Waals surface area contributed by atoms with Crippen LogP contribution in [0, 0.1) is 0 Å². The van der Waals surface area contributed by atoms with E-state index in [1.165, 1.54) is 0 Å². The molecule has 0 saturated heterocycles. The van der Waals surface area contributed by atoms with Crippen LogP contribution in [0.5, 0.6) is 5.75 Å². The number of hydrogen-bond donors (Lipinski definition) is 0. The van der Waals surface area contributed by atoms with E-state index in [0.29, 0.717) is 10.8 Å². The predicted molar refractivity (Wildman–Crippen MR) is 101 cm³/mol. The smallest absolute Gasteiger partial charge is 0.191 e. The predicted octanol–water partition coefficient (Wildman–Crippen LogP) is 4.70. The lowest BCUT2D eigenvalue weighted by Gasteiger charge is -2.10. The van der Waals surface area contributed by atoms with Crippen LogP contribution in [0.15, 0.2) is 47.9 Å². The molecule has 1 aromatic carbocycles. The third-order valence-electron chi connectivity index (χ3n) is 3.70. The second-order valence-electron chi connectivity index (χ2n) is 5.44. The summed E-state index contributed by atoms with van der Waals surface area (Å²) in [6.45, 7) is 3.00. The molecule has 130 valence electrons. The Hall–Kier alpha value is -2.05. The molecule has 0 unspecified atom stereocenters. The van der Waals surface area contributed by atoms with Crippen molar-refractivity contribution < 1.29 is 4.74 Å². The van der Waals surface area contributed by atoms with Gasteiger partial charge in [-0.05, 0) is 36.8 Å². The van der Waals surface area contributed by atoms with E-state index in [-0.39, 0.29) is 0 Å². The van der Waals surface area contributed by atoms with Crippen LogP contribution in [-0.4, -0.2) is 26.9 Å². The summed E-state index contributed by atoms with van der Waals surface area (Å²) in [5, 5.41) is 10.4. The van der Waals surface area contributed by atoms with Crippen molar-refractivity contribution in [2.75, 3.05) is 7.11 Å². The van der Waals surface area contributed by atoms with E-state index in [4.69, 9.17) is 16.3 Å². The number of nitrogens with zero attached hydrogens (tertiary/aromatic N) is 4. The van der Waals surface area contributed by atoms with Crippen molar-refractivity contribution in [3.05, 3.63) is 53.3 Å². The van der Waals surface area contributed by atoms with Crippen molar-refractivity contribution in [1.29, 1.82) is 0 Å². The average molecular weight is 375 g/mol. The molecule has 0 radical (unpaired) electrons. The van der Waals surface area contributed by atoms with Crippen LogP contribution in [0.3, 0.4) is 0 Å². The fourth-order valence-corrected chi connectivity index (χ4v) is 3.67. The molecular weight excluding hydrogens is 356 g/mol. The van der Waals surface area contributed by atoms with E-state index >= 15 is 0 Å². The average Bonchev–Trinajstić information content (AvgIpc) is 3.04. The summed E-state index contributed by atoms with van der Waals surface area (Å²) in [5.74, 6) is 2.40. The van der Waals surface area contributed by atoms with Gasteiger partial charge in [-0.25, -0.2) is 0 Å². The summed E-state index contributed by atoms with van der Waals surface area (Å²) in [7, 11) is 1.67. The molecule has 5 nitrogen and oxygen atoms in total. The first-order valence-corrected chi connectivity index (χ1v) is 9.38. The molecule has 3 aromatic rings. The lowest BCUT2D eigenvalue weighted by molar-refractivity contribution is 0.411. The van der Waals surface area contributed by atoms with E-state index in [0.717, 1.165) is 40.8 Å². The topological polar surface area (TPSA) is 52.8 Å². The van der Waals surface area contributed by atoms with Crippen molar-refractivity contribution in [3.63, 3.8) is 0 Å². The minimum Gasteiger partial charge on any atom is -0.496 e. The Labute approximate surface area is 156 Å². The third kappa shape index (κ3) is 4.14. The fraction of sp³-hybridized carbons (Fsp3) is 0.278. The molecule has 25 heavy (non-hydrogen) atoms. The van der Waals surface area contributed by atoms with Gasteiger partial charge < -0.3 is 9.30 Å². The van der Waals surface area contributed by atoms with Gasteiger partial charge in [-0.1, -0.05) is 30.3 Å². The Morgan fingerprint density at radius 1 is 1.16 bits per heavy atom. The van der Waals surface area contributed by atoms with Crippen LogP contribution in [0.25, 0.3) is 11.4 Å². The molecule has 7 heteroatoms. The van der Waals surface area contributed by atoms with E-state index in [1.807, 2.05) is 30.3 Å². The Morgan fingerprint density at radius 3 is 2.68 bits per heavy atom. The van der Waals surface area contributed by atoms with Crippen LogP contribution >= 0.6 is 23.4 Å². The molecule has 0 bridgehead atoms. The normalized spacial score (nSPS) is 10.8. The SMILES string of the molecule is CCCn1c(SCc2cc(Cl)ccc2OC)nnc1-c1ccncc1. The fourth-order valence-electron chi connectivity index (χ4n) is 2.54. The standard InChI is InChI=1S/C18H19ClN4OS/c1-3-10-23-17(13-6-8-20-9-7-13)21-22-18(23)25-12-14-11-15(19)4-5-16(14)24-2/h4-9,11H,3,10,12H2,1-2H3. The summed E-state index contributed by atoms with van der Waals surface area (Å²) in [6, 6.07) is 9.54. The van der Waals surface area contributed by atoms with Crippen molar-refractivity contribution in [2.24, 2.45) is 0 Å². The maximum atomic E-state index is 6.12. The highest BCUT2D eigenvalue weighted by molar-refractivity contribution is 7.98. The molecule has 0 atom stereocenters. The van der Waals surface area contributed by atoms with Crippen LogP contribution in [0.2, 0.25) is 5.02 Å². The molecule has 0 aliphatic rings. The minimum absolute atomic E-state index is 0.698. The van der Waals surface area contributed by atoms with Gasteiger partial charge in [-0.2, -0.15) is 0 Å². The molecule has 2 heterocycles. The van der Waals surface area contributed by atoms with Gasteiger partial charge in [-0.15, -0.1) is 10.2 Å². The Kier molecular flexibility index (Phi) is 5.94. The summed E-state index contributed by atoms with van der Waals surface area (Å²) in [5.41, 5.74) is 2.06. The van der Waals surface area contributed by atoms with Crippen molar-refractivity contribution >= 4 is 23.4 Å². The first-order chi connectivity index (χ1) is 12.2. The summed E-state index contributed by atoms with van der Waals surface area (Å²) < 4.78 is 7.57. The zero-order valence-corrected chi connectivity index (χ0v) is 15.7. The number of methoxy groups -OCH3 is 1. The van der Waals surface area contributed by atoms with Crippen LogP contribution < -0.4 is 4.74 Å². The number of benzene rings is 1. The largest absolute Gasteiger partial charge is 0.496 e. The third-order valence-corrected chi connectivity index (χ3v) is 4.95. The maximum absolute atomic E-state index is 6.12. The number of aromatic nitrogens is 4. The van der Waals surface area contributed by atoms with Gasteiger partial charge in [0.1, 0.15) is 5.75 Å². The van der Waals surface area contributed by atoms with Gasteiger partial charge in [0, 0.05) is 40.8 Å². The van der Waals surface area contributed by atoms with Crippen LogP contribution in [-0.2, 0) is 12.3 Å². The summed E-state index contributed by atoms with van der Waals surface area (Å²) >= 11 is 7.75. The minimum atomic E-state index is 0.698. The summed E-state index contributed by atoms with van der Waals surface area (Å²) in [6.07, 6.45) is 4.54. The number of halogens is 1. The maximum Gasteiger partial charge on any atom is 0.191 e. The van der Waals surface area contributed by atoms with E-state index in [9.17, 15) is 0 Å². The molecule has 0 N–H and O–H groups in total. The number of rotatable bonds is 7. The molecule has 2 aromatic heterocycles. The molecule has 0 saturated carbocycles. The van der Waals surface area contributed by atoms with Gasteiger partial charge in [0.2, 0.25) is 0 Å². The first-order valence-electron chi connectivity index (χ1n) is 8.01. The number of pyridine rings is 1. The lowest BCUT2D eigenvalue weighted by Crippen LogP contribution is -2.02. The second kappa shape index (κ2) is 8.36.